The van der Waals surface area contributed by atoms with Crippen LogP contribution in [0.25, 0.3) is 0 Å². The summed E-state index contributed by atoms with van der Waals surface area (Å²) in [5.41, 5.74) is -0.532. The van der Waals surface area contributed by atoms with Crippen molar-refractivity contribution >= 4 is 62.4 Å². The second kappa shape index (κ2) is 15.2. The predicted octanol–water partition coefficient (Wildman–Crippen LogP) is 5.94. The van der Waals surface area contributed by atoms with Crippen LogP contribution in [0.5, 0.6) is 5.75 Å². The van der Waals surface area contributed by atoms with Crippen LogP contribution in [0.4, 0.5) is 4.79 Å². The predicted molar refractivity (Wildman–Crippen MR) is 203 cm³/mol. The van der Waals surface area contributed by atoms with Gasteiger partial charge in [-0.25, -0.2) is 13.2 Å². The molecule has 2 atom stereocenters. The number of amides is 3. The number of sulfone groups is 1. The number of carbonyl (C=O) groups is 2. The van der Waals surface area contributed by atoms with Crippen LogP contribution in [0.1, 0.15) is 37.5 Å². The molecule has 3 heterocycles. The molecule has 11 nitrogen and oxygen atoms in total. The Bertz CT molecular complexity index is 1970. The lowest BCUT2D eigenvalue weighted by Crippen LogP contribution is -2.61. The molecule has 3 amide bonds. The van der Waals surface area contributed by atoms with Gasteiger partial charge in [-0.15, -0.1) is 0 Å². The normalized spacial score (nSPS) is 22.8. The summed E-state index contributed by atoms with van der Waals surface area (Å²) in [5.74, 6) is 0.538. The standard InChI is InChI=1S/C37H42Cl3N5O6S/c1-5-51-31-23-30(40)32(52(4,48)49)22-29(31)34-41-36(2,25-6-10-27(38)11-7-25)37(3,26-8-12-28(39)13-9-26)45(34)35(47)44-16-14-42(15-17-44)24-33(46)43-18-20-50-21-19-43/h6-13,22-23H,5,14-21,24H2,1-4H3. The van der Waals surface area contributed by atoms with Crippen molar-refractivity contribution in [3.05, 3.63) is 92.4 Å². The van der Waals surface area contributed by atoms with E-state index in [9.17, 15) is 13.2 Å². The highest BCUT2D eigenvalue weighted by Gasteiger charge is 2.60. The van der Waals surface area contributed by atoms with Gasteiger partial charge in [0.1, 0.15) is 22.7 Å². The van der Waals surface area contributed by atoms with Crippen molar-refractivity contribution in [3.8, 4) is 5.75 Å². The van der Waals surface area contributed by atoms with E-state index >= 15 is 4.79 Å². The van der Waals surface area contributed by atoms with Gasteiger partial charge in [-0.2, -0.15) is 0 Å². The van der Waals surface area contributed by atoms with E-state index < -0.39 is 20.9 Å². The zero-order valence-electron chi connectivity index (χ0n) is 29.6. The molecule has 0 aromatic heterocycles. The van der Waals surface area contributed by atoms with Gasteiger partial charge in [0.2, 0.25) is 5.91 Å². The van der Waals surface area contributed by atoms with E-state index in [1.807, 2.05) is 43.0 Å². The zero-order valence-corrected chi connectivity index (χ0v) is 32.7. The average Bonchev–Trinajstić information content (AvgIpc) is 3.36. The number of piperazine rings is 1. The molecule has 3 aliphatic rings. The first-order valence-corrected chi connectivity index (χ1v) is 20.2. The fourth-order valence-electron chi connectivity index (χ4n) is 7.18. The molecule has 0 bridgehead atoms. The Morgan fingerprint density at radius 1 is 0.846 bits per heavy atom. The Hall–Kier alpha value is -3.39. The maximum absolute atomic E-state index is 15.2. The Kier molecular flexibility index (Phi) is 11.2. The molecule has 2 saturated heterocycles. The van der Waals surface area contributed by atoms with Gasteiger partial charge in [0, 0.05) is 61.6 Å². The van der Waals surface area contributed by atoms with E-state index in [4.69, 9.17) is 49.3 Å². The Morgan fingerprint density at radius 3 is 1.98 bits per heavy atom. The van der Waals surface area contributed by atoms with Crippen LogP contribution in [-0.2, 0) is 30.4 Å². The molecule has 2 unspecified atom stereocenters. The molecule has 2 fully saturated rings. The highest BCUT2D eigenvalue weighted by atomic mass is 35.5. The number of ether oxygens (including phenoxy) is 2. The van der Waals surface area contributed by atoms with Crippen molar-refractivity contribution in [2.75, 3.05) is 71.9 Å². The average molecular weight is 791 g/mol. The molecule has 6 rings (SSSR count). The summed E-state index contributed by atoms with van der Waals surface area (Å²) in [4.78, 5) is 40.8. The first-order chi connectivity index (χ1) is 24.7. The third-order valence-corrected chi connectivity index (χ3v) is 12.3. The number of hydrogen-bond acceptors (Lipinski definition) is 8. The maximum atomic E-state index is 15.2. The largest absolute Gasteiger partial charge is 0.493 e. The third-order valence-electron chi connectivity index (χ3n) is 10.3. The highest BCUT2D eigenvalue weighted by Crippen LogP contribution is 2.54. The minimum Gasteiger partial charge on any atom is -0.493 e. The van der Waals surface area contributed by atoms with Crippen molar-refractivity contribution in [1.29, 1.82) is 0 Å². The van der Waals surface area contributed by atoms with Crippen LogP contribution in [0.15, 0.2) is 70.6 Å². The SMILES string of the molecule is CCOc1cc(Cl)c(S(C)(=O)=O)cc1C1=NC(C)(c2ccc(Cl)cc2)C(C)(c2ccc(Cl)cc2)N1C(=O)N1CCN(CC(=O)N2CCOCC2)CC1. The molecule has 15 heteroatoms. The van der Waals surface area contributed by atoms with Gasteiger partial charge < -0.3 is 19.3 Å². The number of morpholine rings is 1. The van der Waals surface area contributed by atoms with E-state index in [0.717, 1.165) is 17.4 Å². The first kappa shape index (κ1) is 38.3. The third kappa shape index (κ3) is 7.25. The number of aliphatic imine (C=N–C) groups is 1. The lowest BCUT2D eigenvalue weighted by atomic mass is 9.71. The highest BCUT2D eigenvalue weighted by molar-refractivity contribution is 7.90. The number of urea groups is 1. The number of hydrogen-bond donors (Lipinski definition) is 0. The van der Waals surface area contributed by atoms with Gasteiger partial charge >= 0.3 is 6.03 Å². The quantitative estimate of drug-likeness (QED) is 0.278. The van der Waals surface area contributed by atoms with Gasteiger partial charge in [-0.1, -0.05) is 59.1 Å². The lowest BCUT2D eigenvalue weighted by molar-refractivity contribution is -0.136. The van der Waals surface area contributed by atoms with E-state index in [1.54, 1.807) is 41.0 Å². The van der Waals surface area contributed by atoms with E-state index in [0.29, 0.717) is 68.1 Å². The molecule has 0 N–H and O–H groups in total. The summed E-state index contributed by atoms with van der Waals surface area (Å²) in [6.45, 7) is 10.1. The second-order valence-corrected chi connectivity index (χ2v) is 16.7. The number of benzene rings is 3. The van der Waals surface area contributed by atoms with Gasteiger partial charge in [-0.05, 0) is 62.2 Å². The summed E-state index contributed by atoms with van der Waals surface area (Å²) in [6, 6.07) is 17.1. The van der Waals surface area contributed by atoms with Crippen molar-refractivity contribution in [3.63, 3.8) is 0 Å². The lowest BCUT2D eigenvalue weighted by Gasteiger charge is -2.47. The van der Waals surface area contributed by atoms with Gasteiger partial charge in [0.05, 0.1) is 41.8 Å². The fraction of sp³-hybridized carbons (Fsp3) is 0.432. The summed E-state index contributed by atoms with van der Waals surface area (Å²) < 4.78 is 37.5. The van der Waals surface area contributed by atoms with Crippen LogP contribution in [0, 0.1) is 0 Å². The molecule has 0 spiro atoms. The molecule has 0 aliphatic carbocycles. The Labute approximate surface area is 319 Å². The fourth-order valence-corrected chi connectivity index (χ4v) is 8.75. The van der Waals surface area contributed by atoms with Crippen molar-refractivity contribution in [2.24, 2.45) is 4.99 Å². The number of amidine groups is 1. The van der Waals surface area contributed by atoms with Crippen molar-refractivity contribution in [1.82, 2.24) is 19.6 Å². The number of nitrogens with zero attached hydrogens (tertiary/aromatic N) is 5. The number of carbonyl (C=O) groups excluding carboxylic acids is 2. The van der Waals surface area contributed by atoms with E-state index in [2.05, 4.69) is 4.90 Å². The smallest absolute Gasteiger partial charge is 0.326 e. The topological polar surface area (TPSA) is 112 Å². The van der Waals surface area contributed by atoms with Crippen LogP contribution >= 0.6 is 34.8 Å². The molecule has 3 aliphatic heterocycles. The second-order valence-electron chi connectivity index (χ2n) is 13.5. The van der Waals surface area contributed by atoms with Crippen molar-refractivity contribution < 1.29 is 27.5 Å². The van der Waals surface area contributed by atoms with Crippen LogP contribution in [0.2, 0.25) is 15.1 Å². The summed E-state index contributed by atoms with van der Waals surface area (Å²) >= 11 is 19.3. The number of rotatable bonds is 8. The molecule has 278 valence electrons. The minimum atomic E-state index is -3.80. The summed E-state index contributed by atoms with van der Waals surface area (Å²) in [6.07, 6.45) is 1.08. The van der Waals surface area contributed by atoms with E-state index in [-0.39, 0.29) is 46.6 Å². The van der Waals surface area contributed by atoms with Crippen molar-refractivity contribution in [2.45, 2.75) is 36.7 Å². The molecule has 0 saturated carbocycles. The summed E-state index contributed by atoms with van der Waals surface area (Å²) in [5, 5.41) is 1.05. The van der Waals surface area contributed by atoms with E-state index in [1.165, 1.54) is 12.1 Å². The number of halogens is 3. The Balaban J connectivity index is 1.48. The first-order valence-electron chi connectivity index (χ1n) is 17.1. The van der Waals surface area contributed by atoms with Crippen LogP contribution in [0.3, 0.4) is 0 Å². The Morgan fingerprint density at radius 2 is 1.42 bits per heavy atom. The minimum absolute atomic E-state index is 0.00477. The summed E-state index contributed by atoms with van der Waals surface area (Å²) in [7, 11) is -3.80. The zero-order chi connectivity index (χ0) is 37.4. The molecule has 3 aromatic rings. The molecular weight excluding hydrogens is 749 g/mol. The van der Waals surface area contributed by atoms with Gasteiger partial charge in [-0.3, -0.25) is 19.6 Å². The molecule has 52 heavy (non-hydrogen) atoms. The maximum Gasteiger partial charge on any atom is 0.326 e. The monoisotopic (exact) mass is 789 g/mol. The molecule has 0 radical (unpaired) electrons. The molecule has 3 aromatic carbocycles. The van der Waals surface area contributed by atoms with Gasteiger partial charge in [0.15, 0.2) is 9.84 Å². The van der Waals surface area contributed by atoms with Crippen LogP contribution in [-0.4, -0.2) is 118 Å². The van der Waals surface area contributed by atoms with Crippen LogP contribution < -0.4 is 4.74 Å². The molecular formula is C37H42Cl3N5O6S. The van der Waals surface area contributed by atoms with Gasteiger partial charge in [0.25, 0.3) is 0 Å².